The van der Waals surface area contributed by atoms with Crippen LogP contribution in [0, 0.1) is 13.8 Å². The first-order chi connectivity index (χ1) is 11.5. The molecule has 0 radical (unpaired) electrons. The number of benzene rings is 2. The summed E-state index contributed by atoms with van der Waals surface area (Å²) in [6.07, 6.45) is 0.0785. The lowest BCUT2D eigenvalue weighted by Gasteiger charge is -2.39. The van der Waals surface area contributed by atoms with E-state index in [4.69, 9.17) is 4.74 Å². The summed E-state index contributed by atoms with van der Waals surface area (Å²) in [5.41, 5.74) is 4.09. The number of hydrogen-bond donors (Lipinski definition) is 0. The van der Waals surface area contributed by atoms with E-state index in [2.05, 4.69) is 26.0 Å². The third-order valence-electron chi connectivity index (χ3n) is 4.46. The second-order valence-corrected chi connectivity index (χ2v) is 6.61. The van der Waals surface area contributed by atoms with E-state index in [1.807, 2.05) is 54.2 Å². The Morgan fingerprint density at radius 1 is 1.04 bits per heavy atom. The maximum Gasteiger partial charge on any atom is 0.254 e. The molecule has 3 rings (SSSR count). The second-order valence-electron chi connectivity index (χ2n) is 6.61. The van der Waals surface area contributed by atoms with Crippen LogP contribution < -0.4 is 9.64 Å². The lowest BCUT2D eigenvalue weighted by atomic mass is 10.1. The molecule has 1 fully saturated rings. The average Bonchev–Trinajstić information content (AvgIpc) is 2.52. The topological polar surface area (TPSA) is 32.8 Å². The molecule has 1 saturated heterocycles. The average molecular weight is 324 g/mol. The fourth-order valence-corrected chi connectivity index (χ4v) is 2.91. The van der Waals surface area contributed by atoms with Crippen LogP contribution in [0.25, 0.3) is 0 Å². The van der Waals surface area contributed by atoms with Gasteiger partial charge in [0.15, 0.2) is 0 Å². The van der Waals surface area contributed by atoms with Crippen LogP contribution in [-0.2, 0) is 0 Å². The van der Waals surface area contributed by atoms with Crippen molar-refractivity contribution in [1.82, 2.24) is 4.90 Å². The van der Waals surface area contributed by atoms with Crippen LogP contribution in [0.4, 0.5) is 5.69 Å². The predicted molar refractivity (Wildman–Crippen MR) is 97.0 cm³/mol. The van der Waals surface area contributed by atoms with Crippen molar-refractivity contribution in [3.63, 3.8) is 0 Å². The van der Waals surface area contributed by atoms with Crippen LogP contribution in [0.3, 0.4) is 0 Å². The maximum atomic E-state index is 12.5. The van der Waals surface area contributed by atoms with Gasteiger partial charge in [-0.3, -0.25) is 4.79 Å². The highest BCUT2D eigenvalue weighted by atomic mass is 16.5. The van der Waals surface area contributed by atoms with Gasteiger partial charge in [-0.2, -0.15) is 0 Å². The van der Waals surface area contributed by atoms with Gasteiger partial charge in [0.25, 0.3) is 5.91 Å². The lowest BCUT2D eigenvalue weighted by molar-refractivity contribution is 0.0173. The number of amides is 1. The van der Waals surface area contributed by atoms with Crippen molar-refractivity contribution in [2.75, 3.05) is 32.1 Å². The molecule has 0 aromatic heterocycles. The quantitative estimate of drug-likeness (QED) is 0.865. The van der Waals surface area contributed by atoms with Crippen molar-refractivity contribution in [2.24, 2.45) is 0 Å². The molecule has 0 spiro atoms. The molecular weight excluding hydrogens is 300 g/mol. The molecule has 1 aliphatic rings. The molecule has 126 valence electrons. The number of carbonyl (C=O) groups is 1. The maximum absolute atomic E-state index is 12.5. The fraction of sp³-hybridized carbons (Fsp3) is 0.350. The van der Waals surface area contributed by atoms with Gasteiger partial charge < -0.3 is 14.5 Å². The Morgan fingerprint density at radius 2 is 1.62 bits per heavy atom. The summed E-state index contributed by atoms with van der Waals surface area (Å²) < 4.78 is 6.08. The van der Waals surface area contributed by atoms with Crippen LogP contribution in [0.5, 0.6) is 5.75 Å². The molecule has 0 bridgehead atoms. The third-order valence-corrected chi connectivity index (χ3v) is 4.46. The number of para-hydroxylation sites is 1. The number of ether oxygens (including phenoxy) is 1. The van der Waals surface area contributed by atoms with Crippen LogP contribution in [0.2, 0.25) is 0 Å². The molecule has 4 nitrogen and oxygen atoms in total. The molecule has 0 unspecified atom stereocenters. The van der Waals surface area contributed by atoms with Gasteiger partial charge in [0.2, 0.25) is 0 Å². The van der Waals surface area contributed by atoms with E-state index in [0.29, 0.717) is 13.1 Å². The van der Waals surface area contributed by atoms with Crippen molar-refractivity contribution in [1.29, 1.82) is 0 Å². The Labute approximate surface area is 143 Å². The second kappa shape index (κ2) is 6.56. The Balaban J connectivity index is 1.59. The van der Waals surface area contributed by atoms with Gasteiger partial charge >= 0.3 is 0 Å². The zero-order valence-electron chi connectivity index (χ0n) is 14.7. The van der Waals surface area contributed by atoms with E-state index in [1.165, 1.54) is 0 Å². The van der Waals surface area contributed by atoms with E-state index >= 15 is 0 Å². The Kier molecular flexibility index (Phi) is 4.47. The minimum absolute atomic E-state index is 0.0710. The van der Waals surface area contributed by atoms with Crippen molar-refractivity contribution >= 4 is 11.6 Å². The molecule has 24 heavy (non-hydrogen) atoms. The summed E-state index contributed by atoms with van der Waals surface area (Å²) in [6.45, 7) is 5.39. The number of aryl methyl sites for hydroxylation is 2. The van der Waals surface area contributed by atoms with Crippen LogP contribution in [0.1, 0.15) is 21.5 Å². The Morgan fingerprint density at radius 3 is 2.17 bits per heavy atom. The third kappa shape index (κ3) is 3.23. The summed E-state index contributed by atoms with van der Waals surface area (Å²) in [5, 5.41) is 0. The molecule has 4 heteroatoms. The summed E-state index contributed by atoms with van der Waals surface area (Å²) in [4.78, 5) is 16.4. The van der Waals surface area contributed by atoms with Gasteiger partial charge in [0.1, 0.15) is 11.9 Å². The summed E-state index contributed by atoms with van der Waals surface area (Å²) in [5.74, 6) is 1.02. The number of nitrogens with zero attached hydrogens (tertiary/aromatic N) is 2. The van der Waals surface area contributed by atoms with Crippen LogP contribution in [-0.4, -0.2) is 44.1 Å². The van der Waals surface area contributed by atoms with Gasteiger partial charge in [-0.1, -0.05) is 18.2 Å². The molecule has 0 atom stereocenters. The van der Waals surface area contributed by atoms with E-state index in [9.17, 15) is 4.79 Å². The van der Waals surface area contributed by atoms with Gasteiger partial charge in [-0.15, -0.1) is 0 Å². The summed E-state index contributed by atoms with van der Waals surface area (Å²) in [7, 11) is 3.98. The summed E-state index contributed by atoms with van der Waals surface area (Å²) in [6, 6.07) is 13.8. The van der Waals surface area contributed by atoms with Crippen molar-refractivity contribution in [3.8, 4) is 5.75 Å². The predicted octanol–water partition coefficient (Wildman–Crippen LogP) is 3.27. The lowest BCUT2D eigenvalue weighted by Crippen LogP contribution is -2.56. The highest BCUT2D eigenvalue weighted by Gasteiger charge is 2.33. The molecular formula is C20H24N2O2. The molecule has 2 aromatic rings. The highest BCUT2D eigenvalue weighted by Crippen LogP contribution is 2.26. The molecule has 0 saturated carbocycles. The Bertz CT molecular complexity index is 712. The zero-order chi connectivity index (χ0) is 17.3. The van der Waals surface area contributed by atoms with Crippen LogP contribution >= 0.6 is 0 Å². The van der Waals surface area contributed by atoms with Crippen molar-refractivity contribution < 1.29 is 9.53 Å². The van der Waals surface area contributed by atoms with E-state index in [1.54, 1.807) is 0 Å². The molecule has 2 aromatic carbocycles. The SMILES string of the molecule is Cc1cccc(C)c1OC1CN(C(=O)c2ccc(N(C)C)cc2)C1. The first-order valence-corrected chi connectivity index (χ1v) is 8.25. The van der Waals surface area contributed by atoms with Crippen molar-refractivity contribution in [2.45, 2.75) is 20.0 Å². The van der Waals surface area contributed by atoms with E-state index in [-0.39, 0.29) is 12.0 Å². The normalized spacial score (nSPS) is 14.2. The minimum Gasteiger partial charge on any atom is -0.486 e. The Hall–Kier alpha value is -2.49. The smallest absolute Gasteiger partial charge is 0.254 e. The molecule has 1 amide bonds. The first kappa shape index (κ1) is 16.4. The zero-order valence-corrected chi connectivity index (χ0v) is 14.7. The first-order valence-electron chi connectivity index (χ1n) is 8.25. The highest BCUT2D eigenvalue weighted by molar-refractivity contribution is 5.95. The number of anilines is 1. The standard InChI is InChI=1S/C20H24N2O2/c1-14-6-5-7-15(2)19(14)24-18-12-22(13-18)20(23)16-8-10-17(11-9-16)21(3)4/h5-11,18H,12-13H2,1-4H3. The minimum atomic E-state index is 0.0710. The van der Waals surface area contributed by atoms with E-state index < -0.39 is 0 Å². The largest absolute Gasteiger partial charge is 0.486 e. The van der Waals surface area contributed by atoms with Gasteiger partial charge in [0, 0.05) is 25.3 Å². The van der Waals surface area contributed by atoms with E-state index in [0.717, 1.165) is 28.1 Å². The van der Waals surface area contributed by atoms with Gasteiger partial charge in [-0.05, 0) is 49.2 Å². The molecule has 0 N–H and O–H groups in total. The van der Waals surface area contributed by atoms with Gasteiger partial charge in [-0.25, -0.2) is 0 Å². The number of carbonyl (C=O) groups excluding carboxylic acids is 1. The molecule has 1 aliphatic heterocycles. The monoisotopic (exact) mass is 324 g/mol. The number of rotatable bonds is 4. The number of likely N-dealkylation sites (tertiary alicyclic amines) is 1. The fourth-order valence-electron chi connectivity index (χ4n) is 2.91. The van der Waals surface area contributed by atoms with Gasteiger partial charge in [0.05, 0.1) is 13.1 Å². The molecule has 1 heterocycles. The molecule has 0 aliphatic carbocycles. The summed E-state index contributed by atoms with van der Waals surface area (Å²) >= 11 is 0. The number of hydrogen-bond acceptors (Lipinski definition) is 3. The van der Waals surface area contributed by atoms with Crippen molar-refractivity contribution in [3.05, 3.63) is 59.2 Å². The van der Waals surface area contributed by atoms with Crippen LogP contribution in [0.15, 0.2) is 42.5 Å².